The van der Waals surface area contributed by atoms with E-state index in [2.05, 4.69) is 15.3 Å². The third-order valence-corrected chi connectivity index (χ3v) is 4.27. The van der Waals surface area contributed by atoms with Gasteiger partial charge in [-0.15, -0.1) is 0 Å². The molecular formula is C13H15ClN4O2. The number of carbonyl (C=O) groups excluding carboxylic acids is 2. The zero-order valence-electron chi connectivity index (χ0n) is 11.1. The fourth-order valence-electron chi connectivity index (χ4n) is 3.07. The van der Waals surface area contributed by atoms with Crippen LogP contribution in [0.4, 0.5) is 5.82 Å². The molecule has 2 fully saturated rings. The van der Waals surface area contributed by atoms with Gasteiger partial charge in [0.05, 0.1) is 17.5 Å². The molecule has 1 aromatic rings. The van der Waals surface area contributed by atoms with Crippen molar-refractivity contribution >= 4 is 29.6 Å². The number of hydrogen-bond donors (Lipinski definition) is 1. The van der Waals surface area contributed by atoms with Crippen LogP contribution >= 0.6 is 11.6 Å². The molecule has 2 atom stereocenters. The third kappa shape index (κ3) is 2.04. The lowest BCUT2D eigenvalue weighted by molar-refractivity contribution is -0.123. The quantitative estimate of drug-likeness (QED) is 0.650. The third-order valence-electron chi connectivity index (χ3n) is 3.98. The highest BCUT2D eigenvalue weighted by atomic mass is 35.5. The van der Waals surface area contributed by atoms with E-state index in [0.717, 1.165) is 19.4 Å². The van der Waals surface area contributed by atoms with E-state index in [-0.39, 0.29) is 23.0 Å². The van der Waals surface area contributed by atoms with Gasteiger partial charge in [-0.2, -0.15) is 0 Å². The van der Waals surface area contributed by atoms with Gasteiger partial charge >= 0.3 is 0 Å². The van der Waals surface area contributed by atoms with Crippen LogP contribution in [0.5, 0.6) is 0 Å². The first-order chi connectivity index (χ1) is 9.61. The lowest BCUT2D eigenvalue weighted by atomic mass is 9.91. The molecule has 106 valence electrons. The standard InChI is InChI=1S/C13H15ClN4O2/c1-7-16-11(14)9(6-19)12(17-7)18-4-2-3-8-10(18)5-15-13(8)20/h6,8,10H,2-5H2,1H3,(H,15,20). The molecule has 7 heteroatoms. The monoisotopic (exact) mass is 294 g/mol. The van der Waals surface area contributed by atoms with E-state index in [0.29, 0.717) is 30.0 Å². The molecule has 0 aromatic carbocycles. The van der Waals surface area contributed by atoms with Crippen LogP contribution in [-0.2, 0) is 4.79 Å². The lowest BCUT2D eigenvalue weighted by Gasteiger charge is -2.37. The molecule has 2 aliphatic rings. The van der Waals surface area contributed by atoms with Gasteiger partial charge in [-0.25, -0.2) is 9.97 Å². The largest absolute Gasteiger partial charge is 0.354 e. The first-order valence-corrected chi connectivity index (χ1v) is 7.03. The van der Waals surface area contributed by atoms with Gasteiger partial charge in [0.2, 0.25) is 5.91 Å². The Labute approximate surface area is 121 Å². The first kappa shape index (κ1) is 13.3. The number of aryl methyl sites for hydroxylation is 1. The molecule has 1 N–H and O–H groups in total. The molecule has 3 heterocycles. The molecule has 1 amide bonds. The predicted octanol–water partition coefficient (Wildman–Crippen LogP) is 0.966. The molecule has 1 aromatic heterocycles. The number of amides is 1. The number of piperidine rings is 1. The molecule has 0 radical (unpaired) electrons. The zero-order valence-corrected chi connectivity index (χ0v) is 11.9. The smallest absolute Gasteiger partial charge is 0.225 e. The summed E-state index contributed by atoms with van der Waals surface area (Å²) in [4.78, 5) is 33.5. The van der Waals surface area contributed by atoms with Gasteiger partial charge in [-0.05, 0) is 19.8 Å². The van der Waals surface area contributed by atoms with Crippen molar-refractivity contribution in [2.24, 2.45) is 5.92 Å². The number of carbonyl (C=O) groups is 2. The second kappa shape index (κ2) is 5.01. The highest BCUT2D eigenvalue weighted by Gasteiger charge is 2.42. The number of halogens is 1. The van der Waals surface area contributed by atoms with Gasteiger partial charge < -0.3 is 10.2 Å². The Morgan fingerprint density at radius 1 is 1.45 bits per heavy atom. The molecule has 3 rings (SSSR count). The fraction of sp³-hybridized carbons (Fsp3) is 0.538. The topological polar surface area (TPSA) is 75.2 Å². The number of fused-ring (bicyclic) bond motifs is 1. The van der Waals surface area contributed by atoms with E-state index in [1.807, 2.05) is 4.90 Å². The fourth-order valence-corrected chi connectivity index (χ4v) is 3.32. The van der Waals surface area contributed by atoms with Gasteiger partial charge in [0.15, 0.2) is 6.29 Å². The highest BCUT2D eigenvalue weighted by molar-refractivity contribution is 6.32. The number of aldehydes is 1. The normalized spacial score (nSPS) is 25.3. The van der Waals surface area contributed by atoms with E-state index in [4.69, 9.17) is 11.6 Å². The molecule has 0 bridgehead atoms. The maximum Gasteiger partial charge on any atom is 0.225 e. The van der Waals surface area contributed by atoms with E-state index < -0.39 is 0 Å². The summed E-state index contributed by atoms with van der Waals surface area (Å²) >= 11 is 6.03. The summed E-state index contributed by atoms with van der Waals surface area (Å²) in [6.45, 7) is 3.09. The van der Waals surface area contributed by atoms with E-state index in [9.17, 15) is 9.59 Å². The van der Waals surface area contributed by atoms with Crippen molar-refractivity contribution in [2.75, 3.05) is 18.0 Å². The van der Waals surface area contributed by atoms with Crippen molar-refractivity contribution in [3.8, 4) is 0 Å². The molecule has 0 saturated carbocycles. The Bertz CT molecular complexity index is 578. The van der Waals surface area contributed by atoms with Crippen molar-refractivity contribution in [2.45, 2.75) is 25.8 Å². The Morgan fingerprint density at radius 3 is 3.00 bits per heavy atom. The number of hydrogen-bond acceptors (Lipinski definition) is 5. The van der Waals surface area contributed by atoms with Crippen LogP contribution in [0.2, 0.25) is 5.15 Å². The number of aromatic nitrogens is 2. The summed E-state index contributed by atoms with van der Waals surface area (Å²) in [5.74, 6) is 1.13. The van der Waals surface area contributed by atoms with Crippen molar-refractivity contribution in [1.82, 2.24) is 15.3 Å². The average Bonchev–Trinajstić information content (AvgIpc) is 2.80. The average molecular weight is 295 g/mol. The number of rotatable bonds is 2. The Balaban J connectivity index is 2.04. The highest BCUT2D eigenvalue weighted by Crippen LogP contribution is 2.33. The molecule has 2 aliphatic heterocycles. The predicted molar refractivity (Wildman–Crippen MR) is 74.0 cm³/mol. The maximum atomic E-state index is 11.8. The number of nitrogens with zero attached hydrogens (tertiary/aromatic N) is 3. The molecule has 6 nitrogen and oxygen atoms in total. The second-order valence-corrected chi connectivity index (χ2v) is 5.53. The van der Waals surface area contributed by atoms with E-state index >= 15 is 0 Å². The summed E-state index contributed by atoms with van der Waals surface area (Å²) in [5.41, 5.74) is 0.303. The van der Waals surface area contributed by atoms with Crippen LogP contribution in [0.15, 0.2) is 0 Å². The van der Waals surface area contributed by atoms with Crippen LogP contribution in [0, 0.1) is 12.8 Å². The molecular weight excluding hydrogens is 280 g/mol. The minimum atomic E-state index is -0.0303. The Morgan fingerprint density at radius 2 is 2.25 bits per heavy atom. The van der Waals surface area contributed by atoms with Crippen LogP contribution in [-0.4, -0.2) is 41.3 Å². The summed E-state index contributed by atoms with van der Waals surface area (Å²) in [6.07, 6.45) is 2.46. The lowest BCUT2D eigenvalue weighted by Crippen LogP contribution is -2.46. The minimum absolute atomic E-state index is 0.0303. The van der Waals surface area contributed by atoms with E-state index in [1.165, 1.54) is 0 Å². The van der Waals surface area contributed by atoms with Crippen molar-refractivity contribution in [3.63, 3.8) is 0 Å². The molecule has 2 unspecified atom stereocenters. The van der Waals surface area contributed by atoms with Crippen molar-refractivity contribution in [3.05, 3.63) is 16.5 Å². The second-order valence-electron chi connectivity index (χ2n) is 5.17. The van der Waals surface area contributed by atoms with Crippen molar-refractivity contribution < 1.29 is 9.59 Å². The van der Waals surface area contributed by atoms with Gasteiger partial charge in [0.25, 0.3) is 0 Å². The molecule has 20 heavy (non-hydrogen) atoms. The maximum absolute atomic E-state index is 11.8. The first-order valence-electron chi connectivity index (χ1n) is 6.65. The molecule has 0 aliphatic carbocycles. The summed E-state index contributed by atoms with van der Waals surface area (Å²) in [5, 5.41) is 3.05. The van der Waals surface area contributed by atoms with Crippen LogP contribution in [0.3, 0.4) is 0 Å². The minimum Gasteiger partial charge on any atom is -0.354 e. The van der Waals surface area contributed by atoms with Crippen LogP contribution < -0.4 is 10.2 Å². The van der Waals surface area contributed by atoms with Gasteiger partial charge in [-0.1, -0.05) is 11.6 Å². The summed E-state index contributed by atoms with van der Waals surface area (Å²) < 4.78 is 0. The van der Waals surface area contributed by atoms with Gasteiger partial charge in [0.1, 0.15) is 16.8 Å². The number of nitrogens with one attached hydrogen (secondary N) is 1. The Hall–Kier alpha value is -1.69. The zero-order chi connectivity index (χ0) is 14.3. The van der Waals surface area contributed by atoms with Crippen molar-refractivity contribution in [1.29, 1.82) is 0 Å². The summed E-state index contributed by atoms with van der Waals surface area (Å²) in [6, 6.07) is 0.0420. The number of anilines is 1. The van der Waals surface area contributed by atoms with E-state index in [1.54, 1.807) is 6.92 Å². The van der Waals surface area contributed by atoms with Crippen LogP contribution in [0.1, 0.15) is 29.0 Å². The van der Waals surface area contributed by atoms with Crippen LogP contribution in [0.25, 0.3) is 0 Å². The molecule has 0 spiro atoms. The summed E-state index contributed by atoms with van der Waals surface area (Å²) in [7, 11) is 0. The SMILES string of the molecule is Cc1nc(Cl)c(C=O)c(N2CCCC3C(=O)NCC32)n1. The Kier molecular flexibility index (Phi) is 3.33. The molecule has 2 saturated heterocycles. The van der Waals surface area contributed by atoms with Gasteiger partial charge in [-0.3, -0.25) is 9.59 Å². The van der Waals surface area contributed by atoms with Gasteiger partial charge in [0, 0.05) is 13.1 Å².